The van der Waals surface area contributed by atoms with Crippen LogP contribution in [0.25, 0.3) is 0 Å². The molecular weight excluding hydrogens is 161 g/mol. The standard InChI is InChI=1S/C7H14FN3O/c8-1-2-11-3-4-12-6(5-11)7(9)10/h6H,1-5H2,(H3,9,10). The van der Waals surface area contributed by atoms with Gasteiger partial charge in [0.25, 0.3) is 0 Å². The van der Waals surface area contributed by atoms with Gasteiger partial charge in [0.15, 0.2) is 0 Å². The van der Waals surface area contributed by atoms with Gasteiger partial charge < -0.3 is 10.5 Å². The molecule has 3 N–H and O–H groups in total. The number of nitrogens with one attached hydrogen (secondary N) is 1. The van der Waals surface area contributed by atoms with Crippen LogP contribution < -0.4 is 5.73 Å². The molecule has 0 spiro atoms. The van der Waals surface area contributed by atoms with Crippen molar-refractivity contribution in [1.82, 2.24) is 4.90 Å². The van der Waals surface area contributed by atoms with Crippen molar-refractivity contribution in [3.05, 3.63) is 0 Å². The van der Waals surface area contributed by atoms with E-state index in [4.69, 9.17) is 15.9 Å². The second-order valence-corrected chi connectivity index (χ2v) is 2.80. The van der Waals surface area contributed by atoms with Gasteiger partial charge >= 0.3 is 0 Å². The highest BCUT2D eigenvalue weighted by Gasteiger charge is 2.21. The van der Waals surface area contributed by atoms with Crippen LogP contribution in [0.5, 0.6) is 0 Å². The van der Waals surface area contributed by atoms with Crippen molar-refractivity contribution in [3.63, 3.8) is 0 Å². The van der Waals surface area contributed by atoms with E-state index < -0.39 is 0 Å². The molecule has 0 aromatic carbocycles. The first-order valence-electron chi connectivity index (χ1n) is 3.98. The van der Waals surface area contributed by atoms with E-state index in [9.17, 15) is 4.39 Å². The second kappa shape index (κ2) is 4.37. The van der Waals surface area contributed by atoms with E-state index in [-0.39, 0.29) is 18.6 Å². The minimum absolute atomic E-state index is 0.0264. The summed E-state index contributed by atoms with van der Waals surface area (Å²) in [7, 11) is 0. The Morgan fingerprint density at radius 2 is 2.50 bits per heavy atom. The third kappa shape index (κ3) is 2.42. The van der Waals surface area contributed by atoms with E-state index in [0.29, 0.717) is 19.7 Å². The van der Waals surface area contributed by atoms with Gasteiger partial charge in [-0.2, -0.15) is 0 Å². The van der Waals surface area contributed by atoms with Crippen molar-refractivity contribution < 1.29 is 9.13 Å². The molecule has 1 aliphatic rings. The zero-order valence-electron chi connectivity index (χ0n) is 6.92. The SMILES string of the molecule is N=C(N)C1CN(CCF)CCO1. The summed E-state index contributed by atoms with van der Waals surface area (Å²) in [6.45, 7) is 1.86. The number of amidine groups is 1. The highest BCUT2D eigenvalue weighted by atomic mass is 19.1. The molecular formula is C7H14FN3O. The number of rotatable bonds is 3. The number of nitrogens with zero attached hydrogens (tertiary/aromatic N) is 1. The van der Waals surface area contributed by atoms with Crippen molar-refractivity contribution in [3.8, 4) is 0 Å². The fraction of sp³-hybridized carbons (Fsp3) is 0.857. The van der Waals surface area contributed by atoms with Gasteiger partial charge in [-0.15, -0.1) is 0 Å². The van der Waals surface area contributed by atoms with Crippen molar-refractivity contribution in [1.29, 1.82) is 5.41 Å². The van der Waals surface area contributed by atoms with Crippen LogP contribution in [-0.2, 0) is 4.74 Å². The molecule has 5 heteroatoms. The van der Waals surface area contributed by atoms with Crippen molar-refractivity contribution >= 4 is 5.84 Å². The third-order valence-electron chi connectivity index (χ3n) is 1.90. The quantitative estimate of drug-likeness (QED) is 0.453. The number of hydrogen-bond acceptors (Lipinski definition) is 3. The molecule has 0 radical (unpaired) electrons. The molecule has 0 aliphatic carbocycles. The Labute approximate surface area is 71.0 Å². The Hall–Kier alpha value is -0.680. The highest BCUT2D eigenvalue weighted by molar-refractivity contribution is 5.82. The average Bonchev–Trinajstić information content (AvgIpc) is 2.05. The number of ether oxygens (including phenoxy) is 1. The van der Waals surface area contributed by atoms with E-state index in [1.54, 1.807) is 0 Å². The predicted molar refractivity (Wildman–Crippen MR) is 44.1 cm³/mol. The van der Waals surface area contributed by atoms with Crippen LogP contribution in [0, 0.1) is 5.41 Å². The highest BCUT2D eigenvalue weighted by Crippen LogP contribution is 2.03. The lowest BCUT2D eigenvalue weighted by atomic mass is 10.2. The van der Waals surface area contributed by atoms with Crippen molar-refractivity contribution in [2.24, 2.45) is 5.73 Å². The molecule has 0 saturated carbocycles. The van der Waals surface area contributed by atoms with Crippen molar-refractivity contribution in [2.45, 2.75) is 6.10 Å². The number of alkyl halides is 1. The number of hydrogen-bond donors (Lipinski definition) is 2. The lowest BCUT2D eigenvalue weighted by Crippen LogP contribution is -2.48. The lowest BCUT2D eigenvalue weighted by Gasteiger charge is -2.31. The van der Waals surface area contributed by atoms with Gasteiger partial charge in [0.2, 0.25) is 0 Å². The maximum Gasteiger partial charge on any atom is 0.127 e. The monoisotopic (exact) mass is 175 g/mol. The van der Waals surface area contributed by atoms with Crippen LogP contribution >= 0.6 is 0 Å². The van der Waals surface area contributed by atoms with E-state index >= 15 is 0 Å². The average molecular weight is 175 g/mol. The summed E-state index contributed by atoms with van der Waals surface area (Å²) in [5.74, 6) is 0.0264. The molecule has 0 bridgehead atoms. The van der Waals surface area contributed by atoms with Gasteiger partial charge in [-0.1, -0.05) is 0 Å². The number of nitrogens with two attached hydrogens (primary N) is 1. The summed E-state index contributed by atoms with van der Waals surface area (Å²) in [5, 5.41) is 7.14. The molecule has 1 saturated heterocycles. The first-order chi connectivity index (χ1) is 5.74. The van der Waals surface area contributed by atoms with Crippen LogP contribution in [0.2, 0.25) is 0 Å². The molecule has 12 heavy (non-hydrogen) atoms. The van der Waals surface area contributed by atoms with Crippen LogP contribution in [0.1, 0.15) is 0 Å². The number of halogens is 1. The summed E-state index contributed by atoms with van der Waals surface area (Å²) >= 11 is 0. The minimum atomic E-state index is -0.357. The number of morpholine rings is 1. The Bertz CT molecular complexity index is 163. The van der Waals surface area contributed by atoms with Gasteiger partial charge in [-0.25, -0.2) is 4.39 Å². The summed E-state index contributed by atoms with van der Waals surface area (Å²) in [6, 6.07) is 0. The van der Waals surface area contributed by atoms with E-state index in [1.807, 2.05) is 4.90 Å². The van der Waals surface area contributed by atoms with E-state index in [2.05, 4.69) is 0 Å². The smallest absolute Gasteiger partial charge is 0.127 e. The fourth-order valence-corrected chi connectivity index (χ4v) is 1.21. The maximum absolute atomic E-state index is 11.9. The van der Waals surface area contributed by atoms with Gasteiger partial charge in [-0.05, 0) is 0 Å². The van der Waals surface area contributed by atoms with Gasteiger partial charge in [0.1, 0.15) is 18.6 Å². The third-order valence-corrected chi connectivity index (χ3v) is 1.90. The normalized spacial score (nSPS) is 25.6. The first kappa shape index (κ1) is 9.41. The van der Waals surface area contributed by atoms with Crippen LogP contribution in [0.15, 0.2) is 0 Å². The maximum atomic E-state index is 11.9. The molecule has 4 nitrogen and oxygen atoms in total. The van der Waals surface area contributed by atoms with Crippen LogP contribution in [0.4, 0.5) is 4.39 Å². The summed E-state index contributed by atoms with van der Waals surface area (Å²) in [4.78, 5) is 1.91. The molecule has 0 aromatic heterocycles. The largest absolute Gasteiger partial charge is 0.385 e. The van der Waals surface area contributed by atoms with Crippen molar-refractivity contribution in [2.75, 3.05) is 32.9 Å². The minimum Gasteiger partial charge on any atom is -0.385 e. The molecule has 1 atom stereocenters. The summed E-state index contributed by atoms with van der Waals surface area (Å²) in [6.07, 6.45) is -0.342. The zero-order chi connectivity index (χ0) is 8.97. The molecule has 0 amide bonds. The Morgan fingerprint density at radius 1 is 1.75 bits per heavy atom. The Balaban J connectivity index is 2.35. The molecule has 1 unspecified atom stereocenters. The second-order valence-electron chi connectivity index (χ2n) is 2.80. The molecule has 1 rings (SSSR count). The predicted octanol–water partition coefficient (Wildman–Crippen LogP) is -0.407. The van der Waals surface area contributed by atoms with E-state index in [1.165, 1.54) is 0 Å². The molecule has 70 valence electrons. The van der Waals surface area contributed by atoms with E-state index in [0.717, 1.165) is 6.54 Å². The molecule has 0 aromatic rings. The Kier molecular flexibility index (Phi) is 3.43. The summed E-state index contributed by atoms with van der Waals surface area (Å²) < 4.78 is 17.1. The first-order valence-corrected chi connectivity index (χ1v) is 3.98. The molecule has 1 fully saturated rings. The van der Waals surface area contributed by atoms with Gasteiger partial charge in [0, 0.05) is 19.6 Å². The van der Waals surface area contributed by atoms with Crippen LogP contribution in [0.3, 0.4) is 0 Å². The fourth-order valence-electron chi connectivity index (χ4n) is 1.21. The van der Waals surface area contributed by atoms with Gasteiger partial charge in [0.05, 0.1) is 6.61 Å². The molecule has 1 heterocycles. The Morgan fingerprint density at radius 3 is 3.08 bits per heavy atom. The van der Waals surface area contributed by atoms with Crippen LogP contribution in [-0.4, -0.2) is 49.8 Å². The lowest BCUT2D eigenvalue weighted by molar-refractivity contribution is 0.00389. The zero-order valence-corrected chi connectivity index (χ0v) is 6.92. The topological polar surface area (TPSA) is 62.3 Å². The summed E-state index contributed by atoms with van der Waals surface area (Å²) in [5.41, 5.74) is 5.26. The van der Waals surface area contributed by atoms with Gasteiger partial charge in [-0.3, -0.25) is 10.3 Å². The molecule has 1 aliphatic heterocycles.